The third-order valence-corrected chi connectivity index (χ3v) is 2.13. The van der Waals surface area contributed by atoms with Crippen LogP contribution in [0.1, 0.15) is 6.92 Å². The van der Waals surface area contributed by atoms with Gasteiger partial charge < -0.3 is 15.5 Å². The highest BCUT2D eigenvalue weighted by Crippen LogP contribution is 1.92. The molecule has 1 saturated heterocycles. The Balaban J connectivity index is 2.27. The first kappa shape index (κ1) is 8.74. The molecule has 0 aromatic heterocycles. The van der Waals surface area contributed by atoms with Gasteiger partial charge in [0, 0.05) is 32.7 Å². The Kier molecular flexibility index (Phi) is 3.59. The fourth-order valence-corrected chi connectivity index (χ4v) is 1.46. The van der Waals surface area contributed by atoms with Crippen molar-refractivity contribution in [1.29, 1.82) is 0 Å². The van der Waals surface area contributed by atoms with Crippen molar-refractivity contribution in [3.63, 3.8) is 0 Å². The Morgan fingerprint density at radius 2 is 2.18 bits per heavy atom. The SMILES string of the molecule is CCNC(=S)N1CCNCC1. The Hall–Kier alpha value is -0.350. The van der Waals surface area contributed by atoms with Crippen LogP contribution >= 0.6 is 12.2 Å². The molecule has 64 valence electrons. The minimum Gasteiger partial charge on any atom is -0.363 e. The largest absolute Gasteiger partial charge is 0.363 e. The average Bonchev–Trinajstić information content (AvgIpc) is 2.07. The van der Waals surface area contributed by atoms with Crippen LogP contribution in [-0.2, 0) is 0 Å². The van der Waals surface area contributed by atoms with Gasteiger partial charge in [-0.1, -0.05) is 0 Å². The van der Waals surface area contributed by atoms with Crippen LogP contribution in [0.3, 0.4) is 0 Å². The van der Waals surface area contributed by atoms with Crippen molar-refractivity contribution in [3.8, 4) is 0 Å². The van der Waals surface area contributed by atoms with Gasteiger partial charge in [-0.25, -0.2) is 0 Å². The van der Waals surface area contributed by atoms with Crippen molar-refractivity contribution in [2.75, 3.05) is 32.7 Å². The molecule has 0 amide bonds. The summed E-state index contributed by atoms with van der Waals surface area (Å²) in [7, 11) is 0. The first-order valence-corrected chi connectivity index (χ1v) is 4.49. The lowest BCUT2D eigenvalue weighted by Gasteiger charge is -2.29. The van der Waals surface area contributed by atoms with E-state index in [4.69, 9.17) is 12.2 Å². The molecule has 0 aromatic carbocycles. The number of hydrogen-bond donors (Lipinski definition) is 2. The van der Waals surface area contributed by atoms with Gasteiger partial charge >= 0.3 is 0 Å². The normalized spacial score (nSPS) is 18.1. The molecule has 4 heteroatoms. The Labute approximate surface area is 73.1 Å². The molecule has 0 radical (unpaired) electrons. The second-order valence-electron chi connectivity index (χ2n) is 2.57. The summed E-state index contributed by atoms with van der Waals surface area (Å²) in [6, 6.07) is 0. The zero-order chi connectivity index (χ0) is 8.10. The standard InChI is InChI=1S/C7H15N3S/c1-2-9-7(11)10-5-3-8-4-6-10/h8H,2-6H2,1H3,(H,9,11). The molecule has 1 aliphatic heterocycles. The highest BCUT2D eigenvalue weighted by Gasteiger charge is 2.10. The molecule has 1 rings (SSSR count). The molecule has 0 aliphatic carbocycles. The van der Waals surface area contributed by atoms with Crippen LogP contribution in [-0.4, -0.2) is 42.7 Å². The van der Waals surface area contributed by atoms with Crippen LogP contribution in [0.4, 0.5) is 0 Å². The highest BCUT2D eigenvalue weighted by molar-refractivity contribution is 7.80. The molecule has 0 saturated carbocycles. The quantitative estimate of drug-likeness (QED) is 0.536. The Morgan fingerprint density at radius 1 is 1.55 bits per heavy atom. The maximum atomic E-state index is 5.16. The Morgan fingerprint density at radius 3 is 2.73 bits per heavy atom. The van der Waals surface area contributed by atoms with Crippen LogP contribution in [0.2, 0.25) is 0 Å². The van der Waals surface area contributed by atoms with Crippen LogP contribution in [0, 0.1) is 0 Å². The van der Waals surface area contributed by atoms with Gasteiger partial charge in [0.05, 0.1) is 0 Å². The fourth-order valence-electron chi connectivity index (χ4n) is 1.13. The van der Waals surface area contributed by atoms with Crippen molar-refractivity contribution >= 4 is 17.3 Å². The van der Waals surface area contributed by atoms with E-state index in [1.807, 2.05) is 0 Å². The number of hydrogen-bond acceptors (Lipinski definition) is 2. The fraction of sp³-hybridized carbons (Fsp3) is 0.857. The van der Waals surface area contributed by atoms with Gasteiger partial charge in [-0.15, -0.1) is 0 Å². The molecule has 11 heavy (non-hydrogen) atoms. The molecular weight excluding hydrogens is 158 g/mol. The van der Waals surface area contributed by atoms with Gasteiger partial charge in [-0.05, 0) is 19.1 Å². The summed E-state index contributed by atoms with van der Waals surface area (Å²) in [5.74, 6) is 0. The lowest BCUT2D eigenvalue weighted by Crippen LogP contribution is -2.49. The van der Waals surface area contributed by atoms with Crippen LogP contribution in [0.25, 0.3) is 0 Å². The smallest absolute Gasteiger partial charge is 0.169 e. The Bertz CT molecular complexity index is 132. The van der Waals surface area contributed by atoms with E-state index in [1.54, 1.807) is 0 Å². The summed E-state index contributed by atoms with van der Waals surface area (Å²) in [5, 5.41) is 7.32. The summed E-state index contributed by atoms with van der Waals surface area (Å²) in [5.41, 5.74) is 0. The van der Waals surface area contributed by atoms with E-state index in [2.05, 4.69) is 22.5 Å². The van der Waals surface area contributed by atoms with E-state index < -0.39 is 0 Å². The molecule has 0 aromatic rings. The lowest BCUT2D eigenvalue weighted by atomic mass is 10.4. The summed E-state index contributed by atoms with van der Waals surface area (Å²) in [6.07, 6.45) is 0. The van der Waals surface area contributed by atoms with Gasteiger partial charge in [-0.3, -0.25) is 0 Å². The molecule has 1 aliphatic rings. The molecular formula is C7H15N3S. The van der Waals surface area contributed by atoms with Gasteiger partial charge in [0.1, 0.15) is 0 Å². The first-order chi connectivity index (χ1) is 5.34. The zero-order valence-electron chi connectivity index (χ0n) is 6.89. The second-order valence-corrected chi connectivity index (χ2v) is 2.96. The molecule has 0 unspecified atom stereocenters. The average molecular weight is 173 g/mol. The summed E-state index contributed by atoms with van der Waals surface area (Å²) < 4.78 is 0. The van der Waals surface area contributed by atoms with Gasteiger partial charge in [0.15, 0.2) is 5.11 Å². The minimum atomic E-state index is 0.897. The van der Waals surface area contributed by atoms with Crippen molar-refractivity contribution in [1.82, 2.24) is 15.5 Å². The number of nitrogens with one attached hydrogen (secondary N) is 2. The number of nitrogens with zero attached hydrogens (tertiary/aromatic N) is 1. The van der Waals surface area contributed by atoms with E-state index in [0.29, 0.717) is 0 Å². The predicted octanol–water partition coefficient (Wildman–Crippen LogP) is -0.214. The maximum absolute atomic E-state index is 5.16. The number of thiocarbonyl (C=S) groups is 1. The number of piperazine rings is 1. The molecule has 0 bridgehead atoms. The van der Waals surface area contributed by atoms with Crippen molar-refractivity contribution in [3.05, 3.63) is 0 Å². The summed E-state index contributed by atoms with van der Waals surface area (Å²) >= 11 is 5.16. The molecule has 0 atom stereocenters. The van der Waals surface area contributed by atoms with Gasteiger partial charge in [-0.2, -0.15) is 0 Å². The summed E-state index contributed by atoms with van der Waals surface area (Å²) in [6.45, 7) is 7.14. The maximum Gasteiger partial charge on any atom is 0.169 e. The summed E-state index contributed by atoms with van der Waals surface area (Å²) in [4.78, 5) is 2.20. The van der Waals surface area contributed by atoms with E-state index in [1.165, 1.54) is 0 Å². The van der Waals surface area contributed by atoms with E-state index >= 15 is 0 Å². The van der Waals surface area contributed by atoms with Crippen LogP contribution in [0.15, 0.2) is 0 Å². The van der Waals surface area contributed by atoms with Crippen molar-refractivity contribution in [2.45, 2.75) is 6.92 Å². The molecule has 1 heterocycles. The third kappa shape index (κ3) is 2.63. The highest BCUT2D eigenvalue weighted by atomic mass is 32.1. The van der Waals surface area contributed by atoms with Gasteiger partial charge in [0.25, 0.3) is 0 Å². The third-order valence-electron chi connectivity index (χ3n) is 1.73. The van der Waals surface area contributed by atoms with E-state index in [-0.39, 0.29) is 0 Å². The van der Waals surface area contributed by atoms with Crippen molar-refractivity contribution < 1.29 is 0 Å². The molecule has 1 fully saturated rings. The molecule has 3 nitrogen and oxygen atoms in total. The molecule has 2 N–H and O–H groups in total. The van der Waals surface area contributed by atoms with Crippen molar-refractivity contribution in [2.24, 2.45) is 0 Å². The molecule has 0 spiro atoms. The number of rotatable bonds is 1. The monoisotopic (exact) mass is 173 g/mol. The second kappa shape index (κ2) is 4.51. The topological polar surface area (TPSA) is 27.3 Å². The lowest BCUT2D eigenvalue weighted by molar-refractivity contribution is 0.353. The van der Waals surface area contributed by atoms with E-state index in [9.17, 15) is 0 Å². The van der Waals surface area contributed by atoms with E-state index in [0.717, 1.165) is 37.8 Å². The van der Waals surface area contributed by atoms with Gasteiger partial charge in [0.2, 0.25) is 0 Å². The zero-order valence-corrected chi connectivity index (χ0v) is 7.71. The minimum absolute atomic E-state index is 0.897. The van der Waals surface area contributed by atoms with Crippen LogP contribution in [0.5, 0.6) is 0 Å². The van der Waals surface area contributed by atoms with Crippen LogP contribution < -0.4 is 10.6 Å². The first-order valence-electron chi connectivity index (χ1n) is 4.08. The predicted molar refractivity (Wildman–Crippen MR) is 50.7 cm³/mol.